The molecule has 12 heteroatoms. The molecule has 2 amide bonds. The predicted molar refractivity (Wildman–Crippen MR) is 127 cm³/mol. The molecular weight excluding hydrogens is 503 g/mol. The van der Waals surface area contributed by atoms with E-state index in [1.54, 1.807) is 42.3 Å². The summed E-state index contributed by atoms with van der Waals surface area (Å²) in [5.41, 5.74) is 1.45. The number of nitrogens with one attached hydrogen (secondary N) is 1. The van der Waals surface area contributed by atoms with Crippen LogP contribution in [-0.4, -0.2) is 78.7 Å². The Bertz CT molecular complexity index is 1050. The molecule has 0 aliphatic carbocycles. The van der Waals surface area contributed by atoms with E-state index in [0.29, 0.717) is 42.5 Å². The van der Waals surface area contributed by atoms with Gasteiger partial charge in [0.05, 0.1) is 7.11 Å². The van der Waals surface area contributed by atoms with Gasteiger partial charge in [-0.2, -0.15) is 13.2 Å². The Labute approximate surface area is 211 Å². The highest BCUT2D eigenvalue weighted by atomic mass is 35.5. The van der Waals surface area contributed by atoms with Crippen LogP contribution in [0.4, 0.5) is 13.2 Å². The third-order valence-electron chi connectivity index (χ3n) is 5.17. The fraction of sp³-hybridized carbons (Fsp3) is 0.375. The molecule has 0 unspecified atom stereocenters. The number of piperazine rings is 1. The lowest BCUT2D eigenvalue weighted by atomic mass is 10.1. The first-order valence-electron chi connectivity index (χ1n) is 11.0. The van der Waals surface area contributed by atoms with Gasteiger partial charge in [-0.3, -0.25) is 9.59 Å². The molecule has 2 aromatic rings. The minimum Gasteiger partial charge on any atom is -0.497 e. The fourth-order valence-electron chi connectivity index (χ4n) is 3.35. The third-order valence-corrected chi connectivity index (χ3v) is 5.41. The van der Waals surface area contributed by atoms with E-state index in [4.69, 9.17) is 26.2 Å². The second kappa shape index (κ2) is 13.7. The minimum atomic E-state index is -5.08. The van der Waals surface area contributed by atoms with Gasteiger partial charge >= 0.3 is 12.1 Å². The Morgan fingerprint density at radius 1 is 1.11 bits per heavy atom. The maximum atomic E-state index is 13.2. The Kier molecular flexibility index (Phi) is 11.0. The summed E-state index contributed by atoms with van der Waals surface area (Å²) in [6.07, 6.45) is -4.80. The van der Waals surface area contributed by atoms with Crippen molar-refractivity contribution in [1.82, 2.24) is 15.1 Å². The number of carboxylic acids is 1. The van der Waals surface area contributed by atoms with Crippen molar-refractivity contribution in [3.63, 3.8) is 0 Å². The molecule has 0 radical (unpaired) electrons. The average Bonchev–Trinajstić information content (AvgIpc) is 2.86. The summed E-state index contributed by atoms with van der Waals surface area (Å²) in [5, 5.41) is 11.0. The highest BCUT2D eigenvalue weighted by Gasteiger charge is 2.38. The maximum Gasteiger partial charge on any atom is 0.490 e. The zero-order chi connectivity index (χ0) is 26.7. The number of hydrogen-bond donors (Lipinski definition) is 2. The summed E-state index contributed by atoms with van der Waals surface area (Å²) in [4.78, 5) is 38.2. The maximum absolute atomic E-state index is 13.2. The van der Waals surface area contributed by atoms with Gasteiger partial charge in [-0.15, -0.1) is 0 Å². The summed E-state index contributed by atoms with van der Waals surface area (Å²) >= 11 is 6.11. The second-order valence-corrected chi connectivity index (χ2v) is 8.21. The van der Waals surface area contributed by atoms with E-state index in [1.807, 2.05) is 23.1 Å². The molecule has 0 saturated carbocycles. The Hall–Kier alpha value is -3.31. The first kappa shape index (κ1) is 28.9. The highest BCUT2D eigenvalue weighted by molar-refractivity contribution is 6.30. The molecular formula is C24H27ClF3N3O5. The second-order valence-electron chi connectivity index (χ2n) is 7.77. The van der Waals surface area contributed by atoms with Crippen molar-refractivity contribution >= 4 is 29.4 Å². The Morgan fingerprint density at radius 2 is 1.75 bits per heavy atom. The summed E-state index contributed by atoms with van der Waals surface area (Å²) < 4.78 is 37.0. The number of rotatable bonds is 7. The summed E-state index contributed by atoms with van der Waals surface area (Å²) in [7, 11) is 1.57. The van der Waals surface area contributed by atoms with Crippen LogP contribution in [0.15, 0.2) is 48.5 Å². The molecule has 36 heavy (non-hydrogen) atoms. The number of hydrogen-bond acceptors (Lipinski definition) is 5. The van der Waals surface area contributed by atoms with Gasteiger partial charge in [0.1, 0.15) is 5.75 Å². The smallest absolute Gasteiger partial charge is 0.490 e. The molecule has 1 fully saturated rings. The van der Waals surface area contributed by atoms with Gasteiger partial charge in [0.25, 0.3) is 5.91 Å². The third kappa shape index (κ3) is 9.38. The van der Waals surface area contributed by atoms with Crippen LogP contribution in [0.25, 0.3) is 0 Å². The molecule has 2 aromatic carbocycles. The lowest BCUT2D eigenvalue weighted by Gasteiger charge is -2.29. The van der Waals surface area contributed by atoms with Crippen LogP contribution in [0.2, 0.25) is 5.02 Å². The number of carboxylic acid groups (broad SMARTS) is 1. The molecule has 0 spiro atoms. The fourth-order valence-corrected chi connectivity index (χ4v) is 3.56. The van der Waals surface area contributed by atoms with Gasteiger partial charge in [0.2, 0.25) is 5.91 Å². The first-order valence-corrected chi connectivity index (χ1v) is 11.4. The van der Waals surface area contributed by atoms with E-state index < -0.39 is 12.1 Å². The van der Waals surface area contributed by atoms with E-state index in [9.17, 15) is 22.8 Å². The molecule has 8 nitrogen and oxygen atoms in total. The quantitative estimate of drug-likeness (QED) is 0.570. The number of ether oxygens (including phenoxy) is 1. The molecule has 1 heterocycles. The first-order chi connectivity index (χ1) is 17.0. The zero-order valence-electron chi connectivity index (χ0n) is 19.6. The van der Waals surface area contributed by atoms with Gasteiger partial charge in [-0.25, -0.2) is 4.79 Å². The van der Waals surface area contributed by atoms with Gasteiger partial charge in [0.15, 0.2) is 0 Å². The number of carbonyl (C=O) groups excluding carboxylic acids is 2. The number of benzene rings is 2. The zero-order valence-corrected chi connectivity index (χ0v) is 20.3. The number of methoxy groups -OCH3 is 1. The van der Waals surface area contributed by atoms with E-state index in [1.165, 1.54) is 0 Å². The number of alkyl halides is 3. The molecule has 1 aliphatic heterocycles. The van der Waals surface area contributed by atoms with E-state index >= 15 is 0 Å². The van der Waals surface area contributed by atoms with Crippen molar-refractivity contribution in [2.45, 2.75) is 19.1 Å². The van der Waals surface area contributed by atoms with Crippen molar-refractivity contribution < 1.29 is 37.4 Å². The molecule has 3 rings (SSSR count). The largest absolute Gasteiger partial charge is 0.497 e. The van der Waals surface area contributed by atoms with Crippen LogP contribution in [0.1, 0.15) is 22.3 Å². The predicted octanol–water partition coefficient (Wildman–Crippen LogP) is 3.45. The molecule has 196 valence electrons. The number of nitrogens with zero attached hydrogens (tertiary/aromatic N) is 2. The number of carbonyl (C=O) groups is 3. The van der Waals surface area contributed by atoms with Crippen molar-refractivity contribution in [1.29, 1.82) is 0 Å². The Morgan fingerprint density at radius 3 is 2.33 bits per heavy atom. The number of halogens is 4. The van der Waals surface area contributed by atoms with Gasteiger partial charge in [-0.05, 0) is 35.9 Å². The number of amides is 2. The van der Waals surface area contributed by atoms with Gasteiger partial charge in [-0.1, -0.05) is 29.8 Å². The topological polar surface area (TPSA) is 99.2 Å². The van der Waals surface area contributed by atoms with Crippen molar-refractivity contribution in [3.05, 3.63) is 64.7 Å². The van der Waals surface area contributed by atoms with E-state index in [0.717, 1.165) is 18.7 Å². The van der Waals surface area contributed by atoms with Crippen LogP contribution < -0.4 is 10.1 Å². The molecule has 0 aromatic heterocycles. The summed E-state index contributed by atoms with van der Waals surface area (Å²) in [5.74, 6) is -2.21. The molecule has 1 aliphatic rings. The minimum absolute atomic E-state index is 0.0704. The van der Waals surface area contributed by atoms with E-state index in [2.05, 4.69) is 5.32 Å². The van der Waals surface area contributed by atoms with Gasteiger partial charge in [0, 0.05) is 56.3 Å². The molecule has 0 bridgehead atoms. The standard InChI is InChI=1S/C22H26ClN3O3.C2HF3O2/c1-29-20-7-3-5-18(15-20)22(28)26(16-17-4-2-6-19(23)14-17)11-8-21(27)25-12-9-24-10-13-25;3-2(4,5)1(6)7/h2-7,14-15,24H,8-13,16H2,1H3;(H,6,7). The number of aliphatic carboxylic acids is 1. The molecule has 2 N–H and O–H groups in total. The van der Waals surface area contributed by atoms with Crippen molar-refractivity contribution in [2.24, 2.45) is 0 Å². The molecule has 0 atom stereocenters. The highest BCUT2D eigenvalue weighted by Crippen LogP contribution is 2.18. The monoisotopic (exact) mass is 529 g/mol. The summed E-state index contributed by atoms with van der Waals surface area (Å²) in [6.45, 7) is 3.74. The van der Waals surface area contributed by atoms with Gasteiger partial charge < -0.3 is 25.0 Å². The SMILES string of the molecule is COc1cccc(C(=O)N(CCC(=O)N2CCNCC2)Cc2cccc(Cl)c2)c1.O=C(O)C(F)(F)F. The van der Waals surface area contributed by atoms with E-state index in [-0.39, 0.29) is 18.2 Å². The Balaban J connectivity index is 0.000000572. The normalized spacial score (nSPS) is 13.3. The lowest BCUT2D eigenvalue weighted by molar-refractivity contribution is -0.192. The van der Waals surface area contributed by atoms with Crippen LogP contribution in [-0.2, 0) is 16.1 Å². The van der Waals surface area contributed by atoms with Crippen LogP contribution in [0.5, 0.6) is 5.75 Å². The van der Waals surface area contributed by atoms with Crippen molar-refractivity contribution in [2.75, 3.05) is 39.8 Å². The average molecular weight is 530 g/mol. The summed E-state index contributed by atoms with van der Waals surface area (Å²) in [6, 6.07) is 14.5. The van der Waals surface area contributed by atoms with Crippen LogP contribution >= 0.6 is 11.6 Å². The molecule has 1 saturated heterocycles. The van der Waals surface area contributed by atoms with Crippen molar-refractivity contribution in [3.8, 4) is 5.75 Å². The van der Waals surface area contributed by atoms with Crippen LogP contribution in [0.3, 0.4) is 0 Å². The van der Waals surface area contributed by atoms with Crippen LogP contribution in [0, 0.1) is 0 Å². The lowest BCUT2D eigenvalue weighted by Crippen LogP contribution is -2.47.